The van der Waals surface area contributed by atoms with Crippen molar-refractivity contribution in [3.05, 3.63) is 71.8 Å². The molecule has 0 spiro atoms. The van der Waals surface area contributed by atoms with Gasteiger partial charge in [0.2, 0.25) is 5.91 Å². The predicted molar refractivity (Wildman–Crippen MR) is 137 cm³/mol. The summed E-state index contributed by atoms with van der Waals surface area (Å²) < 4.78 is 0. The molecule has 0 bridgehead atoms. The summed E-state index contributed by atoms with van der Waals surface area (Å²) in [6.07, 6.45) is 4.73. The minimum Gasteiger partial charge on any atom is -0.338 e. The van der Waals surface area contributed by atoms with Gasteiger partial charge < -0.3 is 15.1 Å². The number of carbonyl (C=O) groups is 2. The van der Waals surface area contributed by atoms with Crippen molar-refractivity contribution in [2.24, 2.45) is 5.92 Å². The number of amides is 1. The molecule has 0 saturated carbocycles. The number of nitrogens with zero attached hydrogens (tertiary/aromatic N) is 2. The fourth-order valence-corrected chi connectivity index (χ4v) is 5.62. The molecule has 0 unspecified atom stereocenters. The highest BCUT2D eigenvalue weighted by atomic mass is 16.2. The summed E-state index contributed by atoms with van der Waals surface area (Å²) in [5.74, 6) is 0.365. The van der Waals surface area contributed by atoms with E-state index in [-0.39, 0.29) is 30.2 Å². The van der Waals surface area contributed by atoms with Crippen LogP contribution in [0.15, 0.2) is 60.7 Å². The van der Waals surface area contributed by atoms with Gasteiger partial charge in [0.05, 0.1) is 12.0 Å². The Labute approximate surface area is 204 Å². The molecule has 182 valence electrons. The van der Waals surface area contributed by atoms with Crippen molar-refractivity contribution in [3.63, 3.8) is 0 Å². The maximum atomic E-state index is 14.0. The summed E-state index contributed by atoms with van der Waals surface area (Å²) in [5, 5.41) is 3.04. The second-order valence-electron chi connectivity index (χ2n) is 9.97. The molecule has 2 heterocycles. The van der Waals surface area contributed by atoms with Crippen LogP contribution in [-0.2, 0) is 16.0 Å². The Morgan fingerprint density at radius 2 is 1.71 bits per heavy atom. The maximum absolute atomic E-state index is 14.0. The van der Waals surface area contributed by atoms with Crippen LogP contribution < -0.4 is 5.32 Å². The molecule has 2 aliphatic rings. The first-order valence-corrected chi connectivity index (χ1v) is 12.9. The Balaban J connectivity index is 1.49. The summed E-state index contributed by atoms with van der Waals surface area (Å²) >= 11 is 0. The number of Topliss-reactive ketones (excluding diaryl/α,β-unsaturated/α-hetero) is 1. The molecule has 2 aromatic carbocycles. The third kappa shape index (κ3) is 5.94. The Morgan fingerprint density at radius 3 is 2.41 bits per heavy atom. The second kappa shape index (κ2) is 11.8. The normalized spacial score (nSPS) is 22.6. The number of nitrogens with one attached hydrogen (secondary N) is 1. The predicted octanol–water partition coefficient (Wildman–Crippen LogP) is 3.89. The zero-order valence-electron chi connectivity index (χ0n) is 20.7. The molecule has 4 atom stereocenters. The first kappa shape index (κ1) is 24.6. The Hall–Kier alpha value is -2.50. The van der Waals surface area contributed by atoms with E-state index in [1.165, 1.54) is 18.4 Å². The lowest BCUT2D eigenvalue weighted by Crippen LogP contribution is -2.47. The van der Waals surface area contributed by atoms with E-state index >= 15 is 0 Å². The first-order valence-electron chi connectivity index (χ1n) is 12.9. The van der Waals surface area contributed by atoms with Gasteiger partial charge in [0.1, 0.15) is 0 Å². The first-order chi connectivity index (χ1) is 16.6. The van der Waals surface area contributed by atoms with E-state index in [2.05, 4.69) is 45.4 Å². The molecule has 2 saturated heterocycles. The van der Waals surface area contributed by atoms with Crippen molar-refractivity contribution in [2.75, 3.05) is 33.2 Å². The highest BCUT2D eigenvalue weighted by Gasteiger charge is 2.41. The standard InChI is InChI=1S/C29H39N3O2/c1-22(30-2)28(33)20-26(24-12-7-4-8-13-24)29(34)32-19-16-25-14-9-17-31(21-27(25)32)18-15-23-10-5-3-6-11-23/h3-8,10-13,22,25-27,30H,9,14-21H2,1-2H3/t22-,25+,26-,27+/m0/s1. The monoisotopic (exact) mass is 461 g/mol. The lowest BCUT2D eigenvalue weighted by molar-refractivity contribution is -0.136. The third-order valence-corrected chi connectivity index (χ3v) is 7.84. The summed E-state index contributed by atoms with van der Waals surface area (Å²) in [6, 6.07) is 20.5. The molecule has 1 N–H and O–H groups in total. The average Bonchev–Trinajstić information content (AvgIpc) is 3.16. The summed E-state index contributed by atoms with van der Waals surface area (Å²) in [7, 11) is 1.79. The van der Waals surface area contributed by atoms with Gasteiger partial charge in [-0.3, -0.25) is 9.59 Å². The number of hydrogen-bond donors (Lipinski definition) is 1. The minimum absolute atomic E-state index is 0.0887. The number of likely N-dealkylation sites (tertiary alicyclic amines) is 2. The molecule has 4 rings (SSSR count). The lowest BCUT2D eigenvalue weighted by Gasteiger charge is -2.33. The number of rotatable bonds is 9. The van der Waals surface area contributed by atoms with E-state index in [0.717, 1.165) is 44.6 Å². The number of benzene rings is 2. The Kier molecular flexibility index (Phi) is 8.52. The maximum Gasteiger partial charge on any atom is 0.230 e. The van der Waals surface area contributed by atoms with Crippen LogP contribution in [-0.4, -0.2) is 66.8 Å². The van der Waals surface area contributed by atoms with Crippen LogP contribution in [0.25, 0.3) is 0 Å². The molecular formula is C29H39N3O2. The summed E-state index contributed by atoms with van der Waals surface area (Å²) in [4.78, 5) is 31.5. The van der Waals surface area contributed by atoms with Crippen molar-refractivity contribution in [3.8, 4) is 0 Å². The molecule has 34 heavy (non-hydrogen) atoms. The molecule has 2 fully saturated rings. The van der Waals surface area contributed by atoms with Crippen molar-refractivity contribution in [1.29, 1.82) is 0 Å². The SMILES string of the molecule is CN[C@@H](C)C(=O)C[C@H](C(=O)N1CC[C@H]2CCCN(CCc3ccccc3)C[C@H]21)c1ccccc1. The zero-order chi connectivity index (χ0) is 23.9. The van der Waals surface area contributed by atoms with Crippen LogP contribution in [0.4, 0.5) is 0 Å². The highest BCUT2D eigenvalue weighted by molar-refractivity contribution is 5.92. The van der Waals surface area contributed by atoms with E-state index in [4.69, 9.17) is 0 Å². The highest BCUT2D eigenvalue weighted by Crippen LogP contribution is 2.35. The molecule has 5 nitrogen and oxygen atoms in total. The van der Waals surface area contributed by atoms with E-state index in [9.17, 15) is 9.59 Å². The van der Waals surface area contributed by atoms with E-state index in [0.29, 0.717) is 5.92 Å². The lowest BCUT2D eigenvalue weighted by atomic mass is 9.89. The Morgan fingerprint density at radius 1 is 1.00 bits per heavy atom. The molecule has 0 radical (unpaired) electrons. The average molecular weight is 462 g/mol. The van der Waals surface area contributed by atoms with Gasteiger partial charge in [0, 0.05) is 32.1 Å². The molecule has 5 heteroatoms. The van der Waals surface area contributed by atoms with Crippen LogP contribution in [0.3, 0.4) is 0 Å². The molecule has 2 aliphatic heterocycles. The fraction of sp³-hybridized carbons (Fsp3) is 0.517. The van der Waals surface area contributed by atoms with Gasteiger partial charge in [-0.1, -0.05) is 60.7 Å². The molecule has 0 aliphatic carbocycles. The van der Waals surface area contributed by atoms with E-state index < -0.39 is 5.92 Å². The quantitative estimate of drug-likeness (QED) is 0.616. The largest absolute Gasteiger partial charge is 0.338 e. The number of fused-ring (bicyclic) bond motifs is 1. The van der Waals surface area contributed by atoms with E-state index in [1.54, 1.807) is 7.05 Å². The van der Waals surface area contributed by atoms with Crippen molar-refractivity contribution in [1.82, 2.24) is 15.1 Å². The van der Waals surface area contributed by atoms with Gasteiger partial charge in [-0.05, 0) is 63.2 Å². The van der Waals surface area contributed by atoms with Crippen LogP contribution in [0.5, 0.6) is 0 Å². The van der Waals surface area contributed by atoms with E-state index in [1.807, 2.05) is 37.3 Å². The summed E-state index contributed by atoms with van der Waals surface area (Å²) in [5.41, 5.74) is 2.31. The van der Waals surface area contributed by atoms with Crippen LogP contribution in [0.1, 0.15) is 49.7 Å². The van der Waals surface area contributed by atoms with Gasteiger partial charge in [-0.25, -0.2) is 0 Å². The van der Waals surface area contributed by atoms with Crippen LogP contribution in [0, 0.1) is 5.92 Å². The second-order valence-corrected chi connectivity index (χ2v) is 9.97. The Bertz CT molecular complexity index is 933. The third-order valence-electron chi connectivity index (χ3n) is 7.84. The molecule has 0 aromatic heterocycles. The molecular weight excluding hydrogens is 422 g/mol. The number of likely N-dealkylation sites (N-methyl/N-ethyl adjacent to an activating group) is 1. The molecule has 2 aromatic rings. The van der Waals surface area contributed by atoms with Gasteiger partial charge in [-0.15, -0.1) is 0 Å². The fourth-order valence-electron chi connectivity index (χ4n) is 5.62. The van der Waals surface area contributed by atoms with Crippen molar-refractivity contribution >= 4 is 11.7 Å². The molecule has 1 amide bonds. The van der Waals surface area contributed by atoms with Gasteiger partial charge in [-0.2, -0.15) is 0 Å². The number of carbonyl (C=O) groups excluding carboxylic acids is 2. The number of hydrogen-bond acceptors (Lipinski definition) is 4. The van der Waals surface area contributed by atoms with Gasteiger partial charge >= 0.3 is 0 Å². The smallest absolute Gasteiger partial charge is 0.230 e. The van der Waals surface area contributed by atoms with Crippen molar-refractivity contribution in [2.45, 2.75) is 57.0 Å². The van der Waals surface area contributed by atoms with Crippen LogP contribution in [0.2, 0.25) is 0 Å². The zero-order valence-corrected chi connectivity index (χ0v) is 20.7. The summed E-state index contributed by atoms with van der Waals surface area (Å²) in [6.45, 7) is 5.74. The van der Waals surface area contributed by atoms with Gasteiger partial charge in [0.25, 0.3) is 0 Å². The number of ketones is 1. The minimum atomic E-state index is -0.413. The topological polar surface area (TPSA) is 52.7 Å². The van der Waals surface area contributed by atoms with Gasteiger partial charge in [0.15, 0.2) is 5.78 Å². The van der Waals surface area contributed by atoms with Crippen LogP contribution >= 0.6 is 0 Å². The van der Waals surface area contributed by atoms with Crippen molar-refractivity contribution < 1.29 is 9.59 Å².